The topological polar surface area (TPSA) is 35.5 Å². The number of hydrogen-bond donors (Lipinski definition) is 0. The van der Waals surface area contributed by atoms with E-state index in [9.17, 15) is 4.79 Å². The summed E-state index contributed by atoms with van der Waals surface area (Å²) in [6, 6.07) is 15.4. The number of hydrogen-bond acceptors (Lipinski definition) is 3. The largest absolute Gasteiger partial charge is 0.494 e. The third kappa shape index (κ3) is 4.09. The van der Waals surface area contributed by atoms with Crippen LogP contribution in [0.5, 0.6) is 5.75 Å². The minimum Gasteiger partial charge on any atom is -0.494 e. The molecule has 0 bridgehead atoms. The Hall–Kier alpha value is -2.29. The molecule has 0 saturated heterocycles. The molecule has 3 nitrogen and oxygen atoms in total. The lowest BCUT2D eigenvalue weighted by atomic mass is 10.0. The second kappa shape index (κ2) is 7.48. The van der Waals surface area contributed by atoms with E-state index in [0.717, 1.165) is 29.9 Å². The fourth-order valence-corrected chi connectivity index (χ4v) is 1.98. The van der Waals surface area contributed by atoms with Gasteiger partial charge in [0.25, 0.3) is 0 Å². The van der Waals surface area contributed by atoms with Crippen molar-refractivity contribution < 1.29 is 14.3 Å². The van der Waals surface area contributed by atoms with Crippen LogP contribution >= 0.6 is 0 Å². The van der Waals surface area contributed by atoms with Crippen LogP contribution in [0.1, 0.15) is 30.6 Å². The molecule has 0 aliphatic carbocycles. The first-order valence-electron chi connectivity index (χ1n) is 7.25. The molecule has 0 unspecified atom stereocenters. The summed E-state index contributed by atoms with van der Waals surface area (Å²) in [7, 11) is 0. The van der Waals surface area contributed by atoms with Gasteiger partial charge in [0.2, 0.25) is 0 Å². The zero-order chi connectivity index (χ0) is 15.1. The Morgan fingerprint density at radius 1 is 0.905 bits per heavy atom. The van der Waals surface area contributed by atoms with E-state index in [4.69, 9.17) is 9.47 Å². The van der Waals surface area contributed by atoms with Gasteiger partial charge in [0.15, 0.2) is 0 Å². The molecular formula is C18H20O3. The zero-order valence-corrected chi connectivity index (χ0v) is 12.5. The van der Waals surface area contributed by atoms with Crippen LogP contribution in [0.15, 0.2) is 48.5 Å². The van der Waals surface area contributed by atoms with E-state index in [1.807, 2.05) is 36.4 Å². The number of rotatable bonds is 6. The third-order valence-electron chi connectivity index (χ3n) is 3.06. The highest BCUT2D eigenvalue weighted by molar-refractivity contribution is 5.90. The number of benzene rings is 2. The predicted octanol–water partition coefficient (Wildman–Crippen LogP) is 4.32. The highest BCUT2D eigenvalue weighted by Gasteiger charge is 2.06. The van der Waals surface area contributed by atoms with Gasteiger partial charge in [0.05, 0.1) is 18.8 Å². The van der Waals surface area contributed by atoms with Crippen molar-refractivity contribution in [3.63, 3.8) is 0 Å². The summed E-state index contributed by atoms with van der Waals surface area (Å²) in [5.41, 5.74) is 2.72. The summed E-state index contributed by atoms with van der Waals surface area (Å²) < 4.78 is 10.5. The highest BCUT2D eigenvalue weighted by Crippen LogP contribution is 2.23. The van der Waals surface area contributed by atoms with Crippen molar-refractivity contribution in [1.82, 2.24) is 0 Å². The minimum absolute atomic E-state index is 0.285. The first kappa shape index (κ1) is 15.1. The lowest BCUT2D eigenvalue weighted by Gasteiger charge is -2.07. The molecule has 0 aliphatic rings. The van der Waals surface area contributed by atoms with E-state index in [1.165, 1.54) is 0 Å². The Morgan fingerprint density at radius 3 is 2.00 bits per heavy atom. The first-order chi connectivity index (χ1) is 10.2. The van der Waals surface area contributed by atoms with Crippen molar-refractivity contribution in [1.29, 1.82) is 0 Å². The highest BCUT2D eigenvalue weighted by atomic mass is 16.5. The molecule has 2 rings (SSSR count). The number of carbonyl (C=O) groups excluding carboxylic acids is 1. The monoisotopic (exact) mass is 284 g/mol. The van der Waals surface area contributed by atoms with E-state index in [-0.39, 0.29) is 5.97 Å². The molecule has 0 atom stereocenters. The molecule has 0 aliphatic heterocycles. The molecule has 0 aromatic heterocycles. The lowest BCUT2D eigenvalue weighted by Crippen LogP contribution is -2.03. The van der Waals surface area contributed by atoms with Crippen molar-refractivity contribution in [2.75, 3.05) is 13.2 Å². The van der Waals surface area contributed by atoms with Gasteiger partial charge in [-0.2, -0.15) is 0 Å². The van der Waals surface area contributed by atoms with Crippen LogP contribution < -0.4 is 4.74 Å². The maximum atomic E-state index is 11.6. The Labute approximate surface area is 125 Å². The number of carbonyl (C=O) groups is 1. The van der Waals surface area contributed by atoms with E-state index >= 15 is 0 Å². The lowest BCUT2D eigenvalue weighted by molar-refractivity contribution is 0.0526. The number of esters is 1. The molecule has 21 heavy (non-hydrogen) atoms. The van der Waals surface area contributed by atoms with Crippen molar-refractivity contribution >= 4 is 5.97 Å². The second-order valence-electron chi connectivity index (χ2n) is 4.67. The molecule has 2 aromatic carbocycles. The third-order valence-corrected chi connectivity index (χ3v) is 3.06. The van der Waals surface area contributed by atoms with Gasteiger partial charge in [-0.3, -0.25) is 0 Å². The van der Waals surface area contributed by atoms with Gasteiger partial charge in [0.1, 0.15) is 5.75 Å². The second-order valence-corrected chi connectivity index (χ2v) is 4.67. The summed E-state index contributed by atoms with van der Waals surface area (Å²) in [4.78, 5) is 11.6. The molecule has 0 fully saturated rings. The minimum atomic E-state index is -0.285. The molecule has 0 amide bonds. The van der Waals surface area contributed by atoms with Crippen LogP contribution in [0, 0.1) is 0 Å². The summed E-state index contributed by atoms with van der Waals surface area (Å²) in [6.07, 6.45) is 0.997. The Bertz CT molecular complexity index is 570. The van der Waals surface area contributed by atoms with Gasteiger partial charge in [-0.05, 0) is 48.7 Å². The van der Waals surface area contributed by atoms with E-state index < -0.39 is 0 Å². The molecule has 0 radical (unpaired) electrons. The summed E-state index contributed by atoms with van der Waals surface area (Å²) in [5, 5.41) is 0. The van der Waals surface area contributed by atoms with E-state index in [1.54, 1.807) is 19.1 Å². The van der Waals surface area contributed by atoms with Gasteiger partial charge in [0, 0.05) is 0 Å². The fourth-order valence-electron chi connectivity index (χ4n) is 1.98. The molecule has 0 N–H and O–H groups in total. The summed E-state index contributed by atoms with van der Waals surface area (Å²) in [5.74, 6) is 0.594. The van der Waals surface area contributed by atoms with Crippen LogP contribution in [0.4, 0.5) is 0 Å². The molecule has 0 saturated carbocycles. The van der Waals surface area contributed by atoms with E-state index in [2.05, 4.69) is 6.92 Å². The van der Waals surface area contributed by atoms with Crippen LogP contribution in [0.2, 0.25) is 0 Å². The molecule has 0 heterocycles. The van der Waals surface area contributed by atoms with Crippen molar-refractivity contribution in [3.8, 4) is 16.9 Å². The Balaban J connectivity index is 2.09. The van der Waals surface area contributed by atoms with Crippen molar-refractivity contribution in [3.05, 3.63) is 54.1 Å². The molecular weight excluding hydrogens is 264 g/mol. The first-order valence-corrected chi connectivity index (χ1v) is 7.25. The van der Waals surface area contributed by atoms with Crippen LogP contribution in [-0.4, -0.2) is 19.2 Å². The van der Waals surface area contributed by atoms with Crippen LogP contribution in [0.25, 0.3) is 11.1 Å². The average molecular weight is 284 g/mol. The molecule has 2 aromatic rings. The summed E-state index contributed by atoms with van der Waals surface area (Å²) in [6.45, 7) is 5.00. The van der Waals surface area contributed by atoms with Crippen LogP contribution in [-0.2, 0) is 4.74 Å². The van der Waals surface area contributed by atoms with Gasteiger partial charge >= 0.3 is 5.97 Å². The smallest absolute Gasteiger partial charge is 0.338 e. The van der Waals surface area contributed by atoms with Gasteiger partial charge < -0.3 is 9.47 Å². The van der Waals surface area contributed by atoms with E-state index in [0.29, 0.717) is 12.2 Å². The average Bonchev–Trinajstić information content (AvgIpc) is 2.54. The van der Waals surface area contributed by atoms with Crippen molar-refractivity contribution in [2.24, 2.45) is 0 Å². The standard InChI is InChI=1S/C18H20O3/c1-3-13-21-17-11-9-15(10-12-17)14-5-7-16(8-6-14)18(19)20-4-2/h5-12H,3-4,13H2,1-2H3. The Morgan fingerprint density at radius 2 is 1.48 bits per heavy atom. The zero-order valence-electron chi connectivity index (χ0n) is 12.5. The van der Waals surface area contributed by atoms with Crippen molar-refractivity contribution in [2.45, 2.75) is 20.3 Å². The number of ether oxygens (including phenoxy) is 2. The predicted molar refractivity (Wildman–Crippen MR) is 83.6 cm³/mol. The van der Waals surface area contributed by atoms with Crippen LogP contribution in [0.3, 0.4) is 0 Å². The SMILES string of the molecule is CCCOc1ccc(-c2ccc(C(=O)OCC)cc2)cc1. The maximum absolute atomic E-state index is 11.6. The summed E-state index contributed by atoms with van der Waals surface area (Å²) >= 11 is 0. The quantitative estimate of drug-likeness (QED) is 0.741. The molecule has 0 spiro atoms. The molecule has 110 valence electrons. The van der Waals surface area contributed by atoms with Gasteiger partial charge in [-0.15, -0.1) is 0 Å². The Kier molecular flexibility index (Phi) is 5.38. The van der Waals surface area contributed by atoms with Gasteiger partial charge in [-0.25, -0.2) is 4.79 Å². The fraction of sp³-hybridized carbons (Fsp3) is 0.278. The molecule has 3 heteroatoms. The van der Waals surface area contributed by atoms with Gasteiger partial charge in [-0.1, -0.05) is 31.2 Å². The maximum Gasteiger partial charge on any atom is 0.338 e. The normalized spacial score (nSPS) is 10.2.